The summed E-state index contributed by atoms with van der Waals surface area (Å²) in [6.07, 6.45) is 3.30. The number of halogens is 1. The van der Waals surface area contributed by atoms with E-state index in [1.807, 2.05) is 0 Å². The van der Waals surface area contributed by atoms with Crippen LogP contribution < -0.4 is 4.74 Å². The minimum atomic E-state index is -0.0285. The first kappa shape index (κ1) is 11.1. The Labute approximate surface area is 90.8 Å². The van der Waals surface area contributed by atoms with E-state index in [2.05, 4.69) is 15.9 Å². The van der Waals surface area contributed by atoms with E-state index in [1.54, 1.807) is 24.3 Å². The number of aliphatic hydroxyl groups is 1. The molecule has 0 saturated heterocycles. The molecule has 0 heterocycles. The van der Waals surface area contributed by atoms with Crippen LogP contribution in [0.4, 0.5) is 0 Å². The Morgan fingerprint density at radius 2 is 2.21 bits per heavy atom. The highest BCUT2D eigenvalue weighted by Gasteiger charge is 2.05. The molecule has 1 aromatic rings. The Morgan fingerprint density at radius 3 is 2.79 bits per heavy atom. The molecule has 0 atom stereocenters. The van der Waals surface area contributed by atoms with Crippen molar-refractivity contribution in [2.45, 2.75) is 0 Å². The first-order chi connectivity index (χ1) is 6.69. The highest BCUT2D eigenvalue weighted by Crippen LogP contribution is 2.32. The van der Waals surface area contributed by atoms with E-state index in [0.29, 0.717) is 5.75 Å². The third kappa shape index (κ3) is 2.49. The first-order valence-corrected chi connectivity index (χ1v) is 4.82. The van der Waals surface area contributed by atoms with Gasteiger partial charge in [-0.1, -0.05) is 28.1 Å². The summed E-state index contributed by atoms with van der Waals surface area (Å²) >= 11 is 3.33. The van der Waals surface area contributed by atoms with Crippen molar-refractivity contribution in [3.05, 3.63) is 28.2 Å². The average Bonchev–Trinajstić information content (AvgIpc) is 2.18. The molecule has 0 aliphatic heterocycles. The van der Waals surface area contributed by atoms with Crippen LogP contribution in [0.25, 0.3) is 6.08 Å². The molecule has 1 aromatic carbocycles. The highest BCUT2D eigenvalue weighted by atomic mass is 79.9. The molecule has 1 rings (SSSR count). The van der Waals surface area contributed by atoms with E-state index in [9.17, 15) is 5.11 Å². The number of hydrogen-bond acceptors (Lipinski definition) is 3. The number of phenolic OH excluding ortho intramolecular Hbond substituents is 1. The molecule has 2 N–H and O–H groups in total. The monoisotopic (exact) mass is 258 g/mol. The molecule has 0 spiro atoms. The Balaban J connectivity index is 3.08. The molecular formula is C10H11BrO3. The zero-order valence-electron chi connectivity index (χ0n) is 7.70. The van der Waals surface area contributed by atoms with Crippen molar-refractivity contribution in [2.24, 2.45) is 0 Å². The molecule has 76 valence electrons. The van der Waals surface area contributed by atoms with Crippen LogP contribution in [-0.2, 0) is 0 Å². The fourth-order valence-corrected chi connectivity index (χ4v) is 1.49. The summed E-state index contributed by atoms with van der Waals surface area (Å²) in [6, 6.07) is 3.24. The van der Waals surface area contributed by atoms with E-state index in [1.165, 1.54) is 7.11 Å². The largest absolute Gasteiger partial charge is 0.504 e. The number of hydrogen-bond donors (Lipinski definition) is 2. The lowest BCUT2D eigenvalue weighted by molar-refractivity contribution is 0.343. The van der Waals surface area contributed by atoms with Crippen molar-refractivity contribution in [1.29, 1.82) is 0 Å². The molecule has 0 aromatic heterocycles. The number of ether oxygens (including phenoxy) is 1. The van der Waals surface area contributed by atoms with Crippen molar-refractivity contribution in [1.82, 2.24) is 0 Å². The molecule has 0 radical (unpaired) electrons. The molecular weight excluding hydrogens is 248 g/mol. The lowest BCUT2D eigenvalue weighted by Crippen LogP contribution is -1.85. The second-order valence-corrected chi connectivity index (χ2v) is 3.48. The maximum absolute atomic E-state index is 9.47. The molecule has 0 bridgehead atoms. The van der Waals surface area contributed by atoms with Crippen molar-refractivity contribution >= 4 is 22.0 Å². The molecule has 0 amide bonds. The van der Waals surface area contributed by atoms with Gasteiger partial charge in [0.25, 0.3) is 0 Å². The smallest absolute Gasteiger partial charge is 0.161 e. The van der Waals surface area contributed by atoms with E-state index in [4.69, 9.17) is 9.84 Å². The number of benzene rings is 1. The van der Waals surface area contributed by atoms with Crippen LogP contribution in [0.3, 0.4) is 0 Å². The van der Waals surface area contributed by atoms with Gasteiger partial charge in [-0.25, -0.2) is 0 Å². The minimum absolute atomic E-state index is 0.0285. The summed E-state index contributed by atoms with van der Waals surface area (Å²) in [5, 5.41) is 18.1. The molecule has 14 heavy (non-hydrogen) atoms. The van der Waals surface area contributed by atoms with Gasteiger partial charge in [0.15, 0.2) is 11.5 Å². The van der Waals surface area contributed by atoms with Gasteiger partial charge < -0.3 is 14.9 Å². The van der Waals surface area contributed by atoms with E-state index >= 15 is 0 Å². The van der Waals surface area contributed by atoms with Crippen molar-refractivity contribution in [3.63, 3.8) is 0 Å². The predicted molar refractivity (Wildman–Crippen MR) is 58.5 cm³/mol. The van der Waals surface area contributed by atoms with Gasteiger partial charge in [-0.3, -0.25) is 0 Å². The fraction of sp³-hybridized carbons (Fsp3) is 0.200. The zero-order valence-corrected chi connectivity index (χ0v) is 9.28. The molecule has 4 heteroatoms. The molecule has 0 unspecified atom stereocenters. The maximum Gasteiger partial charge on any atom is 0.161 e. The summed E-state index contributed by atoms with van der Waals surface area (Å²) in [5.74, 6) is 0.492. The number of phenols is 1. The van der Waals surface area contributed by atoms with Crippen LogP contribution in [0.2, 0.25) is 0 Å². The van der Waals surface area contributed by atoms with Gasteiger partial charge in [0, 0.05) is 4.47 Å². The van der Waals surface area contributed by atoms with Crippen LogP contribution in [0.5, 0.6) is 11.5 Å². The molecule has 0 fully saturated rings. The third-order valence-corrected chi connectivity index (χ3v) is 2.39. The Kier molecular flexibility index (Phi) is 3.98. The van der Waals surface area contributed by atoms with Gasteiger partial charge in [0.2, 0.25) is 0 Å². The number of methoxy groups -OCH3 is 1. The molecule has 3 nitrogen and oxygen atoms in total. The fourth-order valence-electron chi connectivity index (χ4n) is 1.03. The van der Waals surface area contributed by atoms with Gasteiger partial charge >= 0.3 is 0 Å². The number of rotatable bonds is 3. The average molecular weight is 259 g/mol. The van der Waals surface area contributed by atoms with Crippen molar-refractivity contribution < 1.29 is 14.9 Å². The SMILES string of the molecule is COc1cc(Br)c(/C=C/CO)cc1O. The van der Waals surface area contributed by atoms with Crippen LogP contribution in [0.15, 0.2) is 22.7 Å². The van der Waals surface area contributed by atoms with Crippen molar-refractivity contribution in [3.8, 4) is 11.5 Å². The maximum atomic E-state index is 9.47. The summed E-state index contributed by atoms with van der Waals surface area (Å²) in [7, 11) is 1.49. The molecule has 0 saturated carbocycles. The van der Waals surface area contributed by atoms with Crippen molar-refractivity contribution in [2.75, 3.05) is 13.7 Å². The Bertz CT molecular complexity index is 347. The molecule has 0 aliphatic rings. The van der Waals surface area contributed by atoms with E-state index < -0.39 is 0 Å². The lowest BCUT2D eigenvalue weighted by atomic mass is 10.2. The minimum Gasteiger partial charge on any atom is -0.504 e. The standard InChI is InChI=1S/C10H11BrO3/c1-14-10-6-8(11)7(3-2-4-12)5-9(10)13/h2-3,5-6,12-13H,4H2,1H3/b3-2+. The van der Waals surface area contributed by atoms with Gasteiger partial charge in [0.05, 0.1) is 13.7 Å². The first-order valence-electron chi connectivity index (χ1n) is 4.03. The summed E-state index contributed by atoms with van der Waals surface area (Å²) in [5.41, 5.74) is 0.789. The van der Waals surface area contributed by atoms with Gasteiger partial charge in [-0.05, 0) is 17.7 Å². The van der Waals surface area contributed by atoms with Crippen LogP contribution in [-0.4, -0.2) is 23.9 Å². The predicted octanol–water partition coefficient (Wildman–Crippen LogP) is 2.17. The Morgan fingerprint density at radius 1 is 1.50 bits per heavy atom. The summed E-state index contributed by atoms with van der Waals surface area (Å²) < 4.78 is 5.73. The number of aromatic hydroxyl groups is 1. The van der Waals surface area contributed by atoms with Crippen LogP contribution >= 0.6 is 15.9 Å². The normalized spacial score (nSPS) is 10.8. The summed E-state index contributed by atoms with van der Waals surface area (Å²) in [4.78, 5) is 0. The van der Waals surface area contributed by atoms with Gasteiger partial charge in [-0.2, -0.15) is 0 Å². The summed E-state index contributed by atoms with van der Waals surface area (Å²) in [6.45, 7) is -0.0285. The quantitative estimate of drug-likeness (QED) is 0.874. The third-order valence-electron chi connectivity index (χ3n) is 1.70. The lowest BCUT2D eigenvalue weighted by Gasteiger charge is -2.06. The second kappa shape index (κ2) is 5.02. The Hall–Kier alpha value is -1.00. The molecule has 0 aliphatic carbocycles. The van der Waals surface area contributed by atoms with Gasteiger partial charge in [0.1, 0.15) is 0 Å². The van der Waals surface area contributed by atoms with Crippen LogP contribution in [0.1, 0.15) is 5.56 Å². The van der Waals surface area contributed by atoms with E-state index in [-0.39, 0.29) is 12.4 Å². The topological polar surface area (TPSA) is 49.7 Å². The van der Waals surface area contributed by atoms with Gasteiger partial charge in [-0.15, -0.1) is 0 Å². The van der Waals surface area contributed by atoms with E-state index in [0.717, 1.165) is 10.0 Å². The highest BCUT2D eigenvalue weighted by molar-refractivity contribution is 9.10. The van der Waals surface area contributed by atoms with Crippen LogP contribution in [0, 0.1) is 0 Å². The zero-order chi connectivity index (χ0) is 10.6. The number of aliphatic hydroxyl groups excluding tert-OH is 1. The second-order valence-electron chi connectivity index (χ2n) is 2.63.